The first-order chi connectivity index (χ1) is 22.1. The predicted molar refractivity (Wildman–Crippen MR) is 194 cm³/mol. The standard InChI is InChI=1S/C41H51ClN2O2/c1-6-8-28-43-34-20-12-10-18-32(34)40(3,4)36(43)25-23-30-16-14-17-31(39(30)42)24-26-37-41(5,27-15-22-38(45)46)33-19-11-13-21-35(33)44(37)29-9-7-2/h10-13,18-21,23-26H,6-9,14-17,22,27-29H2,1-5H3/p+1. The number of carbonyl (C=O) groups is 1. The summed E-state index contributed by atoms with van der Waals surface area (Å²) in [4.78, 5) is 13.9. The van der Waals surface area contributed by atoms with Crippen LogP contribution < -0.4 is 4.90 Å². The van der Waals surface area contributed by atoms with Crippen molar-refractivity contribution in [2.75, 3.05) is 18.0 Å². The lowest BCUT2D eigenvalue weighted by molar-refractivity contribution is -0.438. The normalized spacial score (nSPS) is 22.4. The van der Waals surface area contributed by atoms with Gasteiger partial charge in [-0.15, -0.1) is 0 Å². The number of unbranched alkanes of at least 4 members (excludes halogenated alkanes) is 2. The molecule has 2 aromatic rings. The molecule has 1 atom stereocenters. The third kappa shape index (κ3) is 6.69. The van der Waals surface area contributed by atoms with Crippen molar-refractivity contribution in [3.63, 3.8) is 0 Å². The van der Waals surface area contributed by atoms with Gasteiger partial charge >= 0.3 is 5.97 Å². The summed E-state index contributed by atoms with van der Waals surface area (Å²) in [6.07, 6.45) is 18.3. The molecule has 46 heavy (non-hydrogen) atoms. The SMILES string of the molecule is CCCCN1/C(=C/C=C2\CCCC(/C=C/C3=[N+](CCCC)c4ccccc4C3(C)C)=C2Cl)C(C)(CCCC(=O)O)c2ccccc21. The van der Waals surface area contributed by atoms with Gasteiger partial charge in [-0.05, 0) is 88.1 Å². The van der Waals surface area contributed by atoms with Crippen LogP contribution in [0.3, 0.4) is 0 Å². The molecule has 0 bridgehead atoms. The largest absolute Gasteiger partial charge is 0.481 e. The van der Waals surface area contributed by atoms with Crippen molar-refractivity contribution in [2.24, 2.45) is 0 Å². The minimum Gasteiger partial charge on any atom is -0.481 e. The number of anilines is 1. The number of fused-ring (bicyclic) bond motifs is 2. The molecule has 0 saturated carbocycles. The molecule has 0 fully saturated rings. The monoisotopic (exact) mass is 639 g/mol. The Morgan fingerprint density at radius 3 is 2.39 bits per heavy atom. The third-order valence-electron chi connectivity index (χ3n) is 10.3. The number of aliphatic carboxylic acids is 1. The van der Waals surface area contributed by atoms with E-state index in [1.807, 2.05) is 0 Å². The van der Waals surface area contributed by atoms with E-state index in [-0.39, 0.29) is 17.3 Å². The molecule has 0 aromatic heterocycles. The van der Waals surface area contributed by atoms with Crippen LogP contribution in [0, 0.1) is 0 Å². The average molecular weight is 640 g/mol. The molecule has 0 saturated heterocycles. The van der Waals surface area contributed by atoms with E-state index in [0.717, 1.165) is 69.5 Å². The van der Waals surface area contributed by atoms with Gasteiger partial charge in [0.2, 0.25) is 5.69 Å². The molecular formula is C41H52ClN2O2+. The van der Waals surface area contributed by atoms with Gasteiger partial charge < -0.3 is 10.0 Å². The van der Waals surface area contributed by atoms with Gasteiger partial charge in [-0.3, -0.25) is 4.79 Å². The highest BCUT2D eigenvalue weighted by molar-refractivity contribution is 6.32. The smallest absolute Gasteiger partial charge is 0.303 e. The molecule has 5 rings (SSSR count). The molecule has 1 aliphatic carbocycles. The number of allylic oxidation sites excluding steroid dienone is 8. The van der Waals surface area contributed by atoms with Crippen LogP contribution in [0.15, 0.2) is 94.7 Å². The molecule has 5 heteroatoms. The Morgan fingerprint density at radius 1 is 0.935 bits per heavy atom. The van der Waals surface area contributed by atoms with Crippen molar-refractivity contribution in [1.82, 2.24) is 0 Å². The fourth-order valence-corrected chi connectivity index (χ4v) is 8.01. The van der Waals surface area contributed by atoms with Crippen LogP contribution >= 0.6 is 11.6 Å². The van der Waals surface area contributed by atoms with Crippen molar-refractivity contribution in [3.8, 4) is 0 Å². The Morgan fingerprint density at radius 2 is 1.65 bits per heavy atom. The highest BCUT2D eigenvalue weighted by atomic mass is 35.5. The molecule has 3 aliphatic rings. The van der Waals surface area contributed by atoms with E-state index in [1.165, 1.54) is 45.1 Å². The summed E-state index contributed by atoms with van der Waals surface area (Å²) in [5.41, 5.74) is 9.89. The van der Waals surface area contributed by atoms with Gasteiger partial charge in [0, 0.05) is 58.9 Å². The lowest BCUT2D eigenvalue weighted by Gasteiger charge is -2.30. The van der Waals surface area contributed by atoms with Crippen molar-refractivity contribution < 1.29 is 14.5 Å². The number of hydrogen-bond donors (Lipinski definition) is 1. The molecule has 4 nitrogen and oxygen atoms in total. The van der Waals surface area contributed by atoms with E-state index in [2.05, 4.69) is 117 Å². The second kappa shape index (κ2) is 14.6. The van der Waals surface area contributed by atoms with Gasteiger partial charge in [0.05, 0.1) is 5.41 Å². The highest BCUT2D eigenvalue weighted by Crippen LogP contribution is 2.51. The van der Waals surface area contributed by atoms with E-state index in [0.29, 0.717) is 6.42 Å². The molecular weight excluding hydrogens is 588 g/mol. The number of rotatable bonds is 13. The summed E-state index contributed by atoms with van der Waals surface area (Å²) in [5, 5.41) is 10.3. The summed E-state index contributed by atoms with van der Waals surface area (Å²) in [6, 6.07) is 17.5. The second-order valence-corrected chi connectivity index (χ2v) is 14.3. The topological polar surface area (TPSA) is 43.5 Å². The first kappa shape index (κ1) is 34.0. The number of para-hydroxylation sites is 2. The van der Waals surface area contributed by atoms with Gasteiger partial charge in [-0.1, -0.05) is 86.8 Å². The number of hydrogen-bond acceptors (Lipinski definition) is 2. The maximum atomic E-state index is 11.4. The molecule has 0 radical (unpaired) electrons. The molecule has 1 N–H and O–H groups in total. The lowest BCUT2D eigenvalue weighted by atomic mass is 9.77. The molecule has 2 aliphatic heterocycles. The summed E-state index contributed by atoms with van der Waals surface area (Å²) in [5.74, 6) is -0.735. The maximum Gasteiger partial charge on any atom is 0.303 e. The maximum absolute atomic E-state index is 11.4. The van der Waals surface area contributed by atoms with Crippen LogP contribution in [0.25, 0.3) is 0 Å². The molecule has 1 unspecified atom stereocenters. The zero-order chi connectivity index (χ0) is 32.9. The summed E-state index contributed by atoms with van der Waals surface area (Å²) in [7, 11) is 0. The summed E-state index contributed by atoms with van der Waals surface area (Å²) < 4.78 is 2.52. The Bertz CT molecular complexity index is 1610. The van der Waals surface area contributed by atoms with E-state index < -0.39 is 5.97 Å². The molecule has 2 heterocycles. The second-order valence-electron chi connectivity index (χ2n) is 13.9. The quantitative estimate of drug-likeness (QED) is 0.222. The van der Waals surface area contributed by atoms with Crippen molar-refractivity contribution >= 4 is 34.7 Å². The van der Waals surface area contributed by atoms with Crippen LogP contribution in [0.4, 0.5) is 11.4 Å². The van der Waals surface area contributed by atoms with Crippen LogP contribution in [0.2, 0.25) is 0 Å². The van der Waals surface area contributed by atoms with Crippen LogP contribution in [-0.2, 0) is 15.6 Å². The van der Waals surface area contributed by atoms with Gasteiger partial charge in [-0.25, -0.2) is 0 Å². The van der Waals surface area contributed by atoms with E-state index in [4.69, 9.17) is 11.6 Å². The third-order valence-corrected chi connectivity index (χ3v) is 10.8. The summed E-state index contributed by atoms with van der Waals surface area (Å²) >= 11 is 7.23. The van der Waals surface area contributed by atoms with Gasteiger partial charge in [-0.2, -0.15) is 4.58 Å². The van der Waals surface area contributed by atoms with Crippen LogP contribution in [0.1, 0.15) is 110 Å². The van der Waals surface area contributed by atoms with E-state index >= 15 is 0 Å². The molecule has 0 amide bonds. The minimum absolute atomic E-state index is 0.0733. The fourth-order valence-electron chi connectivity index (χ4n) is 7.69. The number of carboxylic acid groups (broad SMARTS) is 1. The molecule has 2 aromatic carbocycles. The first-order valence-electron chi connectivity index (χ1n) is 17.4. The molecule has 244 valence electrons. The van der Waals surface area contributed by atoms with Crippen molar-refractivity contribution in [1.29, 1.82) is 0 Å². The number of halogens is 1. The first-order valence-corrected chi connectivity index (χ1v) is 17.8. The van der Waals surface area contributed by atoms with Crippen LogP contribution in [-0.4, -0.2) is 34.5 Å². The zero-order valence-electron chi connectivity index (χ0n) is 28.5. The number of carboxylic acids is 1. The minimum atomic E-state index is -0.735. The highest BCUT2D eigenvalue weighted by Gasteiger charge is 2.44. The van der Waals surface area contributed by atoms with Crippen molar-refractivity contribution in [3.05, 3.63) is 106 Å². The van der Waals surface area contributed by atoms with Crippen LogP contribution in [0.5, 0.6) is 0 Å². The van der Waals surface area contributed by atoms with E-state index in [9.17, 15) is 9.90 Å². The Hall–Kier alpha value is -3.37. The van der Waals surface area contributed by atoms with E-state index in [1.54, 1.807) is 0 Å². The molecule has 0 spiro atoms. The summed E-state index contributed by atoms with van der Waals surface area (Å²) in [6.45, 7) is 13.4. The van der Waals surface area contributed by atoms with Crippen molar-refractivity contribution in [2.45, 2.75) is 110 Å². The van der Waals surface area contributed by atoms with Gasteiger partial charge in [0.15, 0.2) is 5.71 Å². The number of benzene rings is 2. The Balaban J connectivity index is 1.51. The number of nitrogens with zero attached hydrogens (tertiary/aromatic N) is 2. The Kier molecular flexibility index (Phi) is 10.8. The zero-order valence-corrected chi connectivity index (χ0v) is 29.3. The average Bonchev–Trinajstić information content (AvgIpc) is 3.40. The van der Waals surface area contributed by atoms with Gasteiger partial charge in [0.25, 0.3) is 0 Å². The lowest BCUT2D eigenvalue weighted by Crippen LogP contribution is -2.29. The Labute approximate surface area is 281 Å². The fraction of sp³-hybridized carbons (Fsp3) is 0.463. The van der Waals surface area contributed by atoms with Gasteiger partial charge in [0.1, 0.15) is 6.54 Å². The predicted octanol–water partition coefficient (Wildman–Crippen LogP) is 10.7.